The largest absolute Gasteiger partial charge is 0.489 e. The summed E-state index contributed by atoms with van der Waals surface area (Å²) in [5.41, 5.74) is 2.38. The molecule has 1 unspecified atom stereocenters. The van der Waals surface area contributed by atoms with Gasteiger partial charge in [-0.3, -0.25) is 0 Å². The summed E-state index contributed by atoms with van der Waals surface area (Å²) in [5, 5.41) is 10.1. The van der Waals surface area contributed by atoms with Gasteiger partial charge in [0.2, 0.25) is 0 Å². The molecule has 2 rings (SSSR count). The molecular weight excluding hydrogens is 292 g/mol. The fourth-order valence-electron chi connectivity index (χ4n) is 2.42. The van der Waals surface area contributed by atoms with E-state index in [9.17, 15) is 9.90 Å². The Bertz CT molecular complexity index is 664. The lowest BCUT2D eigenvalue weighted by Crippen LogP contribution is -2.16. The van der Waals surface area contributed by atoms with Crippen molar-refractivity contribution in [2.75, 3.05) is 7.11 Å². The van der Waals surface area contributed by atoms with Crippen molar-refractivity contribution in [1.82, 2.24) is 0 Å². The van der Waals surface area contributed by atoms with Crippen LogP contribution in [0.1, 0.15) is 42.6 Å². The normalized spacial score (nSPS) is 12.0. The highest BCUT2D eigenvalue weighted by Crippen LogP contribution is 2.27. The fraction of sp³-hybridized carbons (Fsp3) is 0.316. The Kier molecular flexibility index (Phi) is 5.77. The molecule has 2 aromatic rings. The number of aliphatic hydroxyl groups is 1. The molecule has 0 radical (unpaired) electrons. The number of carbonyl (C=O) groups is 1. The van der Waals surface area contributed by atoms with Crippen molar-refractivity contribution in [1.29, 1.82) is 0 Å². The van der Waals surface area contributed by atoms with Crippen molar-refractivity contribution >= 4 is 5.97 Å². The van der Waals surface area contributed by atoms with Crippen LogP contribution in [0.5, 0.6) is 5.75 Å². The molecule has 0 aromatic heterocycles. The monoisotopic (exact) mass is 314 g/mol. The minimum Gasteiger partial charge on any atom is -0.489 e. The SMILES string of the molecule is COC(=O)C(O)c1ccccc1COc1ccccc1C(C)C. The summed E-state index contributed by atoms with van der Waals surface area (Å²) in [6.07, 6.45) is -1.31. The lowest BCUT2D eigenvalue weighted by atomic mass is 10.0. The quantitative estimate of drug-likeness (QED) is 0.828. The van der Waals surface area contributed by atoms with Crippen molar-refractivity contribution in [3.8, 4) is 5.75 Å². The molecule has 0 aliphatic heterocycles. The second kappa shape index (κ2) is 7.79. The van der Waals surface area contributed by atoms with E-state index in [-0.39, 0.29) is 6.61 Å². The number of rotatable bonds is 6. The van der Waals surface area contributed by atoms with Crippen LogP contribution in [0, 0.1) is 0 Å². The van der Waals surface area contributed by atoms with Crippen LogP contribution in [0.25, 0.3) is 0 Å². The summed E-state index contributed by atoms with van der Waals surface area (Å²) in [4.78, 5) is 11.6. The third-order valence-electron chi connectivity index (χ3n) is 3.70. The number of hydrogen-bond acceptors (Lipinski definition) is 4. The molecule has 0 heterocycles. The number of benzene rings is 2. The van der Waals surface area contributed by atoms with E-state index in [0.717, 1.165) is 16.9 Å². The minimum atomic E-state index is -1.31. The van der Waals surface area contributed by atoms with Crippen LogP contribution in [0.2, 0.25) is 0 Å². The van der Waals surface area contributed by atoms with E-state index in [1.54, 1.807) is 12.1 Å². The summed E-state index contributed by atoms with van der Waals surface area (Å²) < 4.78 is 10.5. The van der Waals surface area contributed by atoms with Gasteiger partial charge in [-0.25, -0.2) is 4.79 Å². The van der Waals surface area contributed by atoms with Crippen molar-refractivity contribution in [2.24, 2.45) is 0 Å². The van der Waals surface area contributed by atoms with Gasteiger partial charge >= 0.3 is 5.97 Å². The maximum absolute atomic E-state index is 11.6. The molecule has 4 nitrogen and oxygen atoms in total. The topological polar surface area (TPSA) is 55.8 Å². The average molecular weight is 314 g/mol. The summed E-state index contributed by atoms with van der Waals surface area (Å²) in [6.45, 7) is 4.49. The van der Waals surface area contributed by atoms with Gasteiger partial charge in [0.25, 0.3) is 0 Å². The van der Waals surface area contributed by atoms with Gasteiger partial charge in [-0.1, -0.05) is 56.3 Å². The van der Waals surface area contributed by atoms with E-state index in [1.807, 2.05) is 36.4 Å². The van der Waals surface area contributed by atoms with Gasteiger partial charge in [0.05, 0.1) is 7.11 Å². The zero-order chi connectivity index (χ0) is 16.8. The van der Waals surface area contributed by atoms with Crippen LogP contribution in [0.4, 0.5) is 0 Å². The van der Waals surface area contributed by atoms with E-state index in [2.05, 4.69) is 18.6 Å². The van der Waals surface area contributed by atoms with E-state index in [1.165, 1.54) is 7.11 Å². The minimum absolute atomic E-state index is 0.272. The number of para-hydroxylation sites is 1. The van der Waals surface area contributed by atoms with Gasteiger partial charge in [0.15, 0.2) is 6.10 Å². The number of esters is 1. The molecule has 0 amide bonds. The Hall–Kier alpha value is -2.33. The Morgan fingerprint density at radius 2 is 1.65 bits per heavy atom. The first-order valence-electron chi connectivity index (χ1n) is 7.60. The average Bonchev–Trinajstić information content (AvgIpc) is 2.59. The Balaban J connectivity index is 2.20. The molecule has 0 saturated carbocycles. The van der Waals surface area contributed by atoms with Crippen molar-refractivity contribution < 1.29 is 19.4 Å². The maximum atomic E-state index is 11.6. The van der Waals surface area contributed by atoms with Crippen LogP contribution in [-0.4, -0.2) is 18.2 Å². The van der Waals surface area contributed by atoms with E-state index >= 15 is 0 Å². The Morgan fingerprint density at radius 1 is 1.04 bits per heavy atom. The lowest BCUT2D eigenvalue weighted by Gasteiger charge is -2.17. The predicted molar refractivity (Wildman–Crippen MR) is 88.3 cm³/mol. The summed E-state index contributed by atoms with van der Waals surface area (Å²) in [6, 6.07) is 15.0. The summed E-state index contributed by atoms with van der Waals surface area (Å²) >= 11 is 0. The number of methoxy groups -OCH3 is 1. The zero-order valence-electron chi connectivity index (χ0n) is 13.7. The molecule has 2 aromatic carbocycles. The molecule has 23 heavy (non-hydrogen) atoms. The highest BCUT2D eigenvalue weighted by molar-refractivity contribution is 5.76. The fourth-order valence-corrected chi connectivity index (χ4v) is 2.42. The number of aliphatic hydroxyl groups excluding tert-OH is 1. The summed E-state index contributed by atoms with van der Waals surface area (Å²) in [7, 11) is 1.25. The molecule has 0 saturated heterocycles. The molecule has 1 N–H and O–H groups in total. The van der Waals surface area contributed by atoms with E-state index in [4.69, 9.17) is 4.74 Å². The van der Waals surface area contributed by atoms with Crippen LogP contribution >= 0.6 is 0 Å². The highest BCUT2D eigenvalue weighted by atomic mass is 16.5. The molecule has 0 aliphatic carbocycles. The Labute approximate surface area is 136 Å². The third kappa shape index (κ3) is 4.11. The van der Waals surface area contributed by atoms with Crippen molar-refractivity contribution in [3.63, 3.8) is 0 Å². The lowest BCUT2D eigenvalue weighted by molar-refractivity contribution is -0.150. The van der Waals surface area contributed by atoms with Gasteiger partial charge in [-0.05, 0) is 28.7 Å². The standard InChI is InChI=1S/C19H22O4/c1-13(2)15-9-6-7-11-17(15)23-12-14-8-4-5-10-16(14)18(20)19(21)22-3/h4-11,13,18,20H,12H2,1-3H3. The molecule has 0 spiro atoms. The second-order valence-electron chi connectivity index (χ2n) is 5.61. The Morgan fingerprint density at radius 3 is 2.30 bits per heavy atom. The van der Waals surface area contributed by atoms with Crippen LogP contribution in [0.15, 0.2) is 48.5 Å². The van der Waals surface area contributed by atoms with Crippen LogP contribution < -0.4 is 4.74 Å². The summed E-state index contributed by atoms with van der Waals surface area (Å²) in [5.74, 6) is 0.479. The van der Waals surface area contributed by atoms with Gasteiger partial charge in [0, 0.05) is 0 Å². The number of carbonyl (C=O) groups excluding carboxylic acids is 1. The molecule has 1 atom stereocenters. The molecule has 0 aliphatic rings. The van der Waals surface area contributed by atoms with Gasteiger partial charge in [-0.15, -0.1) is 0 Å². The van der Waals surface area contributed by atoms with Crippen LogP contribution in [0.3, 0.4) is 0 Å². The van der Waals surface area contributed by atoms with Gasteiger partial charge in [0.1, 0.15) is 12.4 Å². The predicted octanol–water partition coefficient (Wildman–Crippen LogP) is 3.60. The highest BCUT2D eigenvalue weighted by Gasteiger charge is 2.21. The first-order chi connectivity index (χ1) is 11.0. The molecular formula is C19H22O4. The molecule has 122 valence electrons. The van der Waals surface area contributed by atoms with Crippen molar-refractivity contribution in [3.05, 3.63) is 65.2 Å². The van der Waals surface area contributed by atoms with E-state index < -0.39 is 12.1 Å². The molecule has 0 fully saturated rings. The third-order valence-corrected chi connectivity index (χ3v) is 3.70. The maximum Gasteiger partial charge on any atom is 0.339 e. The van der Waals surface area contributed by atoms with Gasteiger partial charge < -0.3 is 14.6 Å². The van der Waals surface area contributed by atoms with Crippen molar-refractivity contribution in [2.45, 2.75) is 32.5 Å². The molecule has 0 bridgehead atoms. The first kappa shape index (κ1) is 17.0. The zero-order valence-corrected chi connectivity index (χ0v) is 13.7. The second-order valence-corrected chi connectivity index (χ2v) is 5.61. The first-order valence-corrected chi connectivity index (χ1v) is 7.60. The van der Waals surface area contributed by atoms with Crippen LogP contribution in [-0.2, 0) is 16.1 Å². The smallest absolute Gasteiger partial charge is 0.339 e. The van der Waals surface area contributed by atoms with Gasteiger partial charge in [-0.2, -0.15) is 0 Å². The number of ether oxygens (including phenoxy) is 2. The molecule has 4 heteroatoms. The number of hydrogen-bond donors (Lipinski definition) is 1. The van der Waals surface area contributed by atoms with E-state index in [0.29, 0.717) is 11.5 Å².